The second-order valence-corrected chi connectivity index (χ2v) is 10.2. The summed E-state index contributed by atoms with van der Waals surface area (Å²) < 4.78 is 33.3. The van der Waals surface area contributed by atoms with Crippen LogP contribution in [-0.2, 0) is 23.1 Å². The van der Waals surface area contributed by atoms with Crippen LogP contribution in [0.1, 0.15) is 25.9 Å². The van der Waals surface area contributed by atoms with Crippen LogP contribution in [0.15, 0.2) is 78.1 Å². The predicted molar refractivity (Wildman–Crippen MR) is 127 cm³/mol. The van der Waals surface area contributed by atoms with E-state index in [4.69, 9.17) is 4.74 Å². The Kier molecular flexibility index (Phi) is 7.26. The lowest BCUT2D eigenvalue weighted by Crippen LogP contribution is -2.25. The first-order chi connectivity index (χ1) is 16.4. The molecule has 0 spiro atoms. The number of aromatic nitrogens is 3. The van der Waals surface area contributed by atoms with Crippen LogP contribution in [0.4, 0.5) is 0 Å². The van der Waals surface area contributed by atoms with Crippen LogP contribution in [0, 0.1) is 6.92 Å². The third-order valence-electron chi connectivity index (χ3n) is 4.60. The second-order valence-electron chi connectivity index (χ2n) is 7.15. The zero-order chi connectivity index (χ0) is 24.0. The van der Waals surface area contributed by atoms with Crippen molar-refractivity contribution in [3.63, 3.8) is 0 Å². The number of nitrogens with one attached hydrogen (secondary N) is 2. The number of hydrogen-bond acceptors (Lipinski definition) is 8. The van der Waals surface area contributed by atoms with E-state index >= 15 is 0 Å². The summed E-state index contributed by atoms with van der Waals surface area (Å²) in [6, 6.07) is 15.2. The normalized spacial score (nSPS) is 11.2. The summed E-state index contributed by atoms with van der Waals surface area (Å²) in [4.78, 5) is 25.6. The van der Waals surface area contributed by atoms with Crippen molar-refractivity contribution in [2.24, 2.45) is 0 Å². The Morgan fingerprint density at radius 3 is 2.41 bits per heavy atom. The molecule has 34 heavy (non-hydrogen) atoms. The Balaban J connectivity index is 1.31. The van der Waals surface area contributed by atoms with Gasteiger partial charge in [-0.1, -0.05) is 24.3 Å². The zero-order valence-electron chi connectivity index (χ0n) is 18.1. The molecule has 2 N–H and O–H groups in total. The molecule has 11 heteroatoms. The van der Waals surface area contributed by atoms with Crippen molar-refractivity contribution in [1.82, 2.24) is 25.0 Å². The van der Waals surface area contributed by atoms with E-state index in [1.165, 1.54) is 35.9 Å². The molecule has 3 heterocycles. The molecule has 0 aliphatic heterocycles. The van der Waals surface area contributed by atoms with E-state index in [-0.39, 0.29) is 28.9 Å². The second kappa shape index (κ2) is 10.5. The number of ether oxygens (including phenoxy) is 1. The first-order valence-electron chi connectivity index (χ1n) is 10.2. The molecule has 1 amide bonds. The molecule has 0 saturated carbocycles. The molecule has 4 aromatic rings. The number of carbonyl (C=O) groups is 1. The molecular weight excluding hydrogens is 474 g/mol. The van der Waals surface area contributed by atoms with Gasteiger partial charge in [-0.25, -0.2) is 23.1 Å². The van der Waals surface area contributed by atoms with E-state index in [0.717, 1.165) is 9.88 Å². The maximum Gasteiger partial charge on any atom is 0.270 e. The summed E-state index contributed by atoms with van der Waals surface area (Å²) in [6.45, 7) is 2.28. The fourth-order valence-corrected chi connectivity index (χ4v) is 4.56. The van der Waals surface area contributed by atoms with Crippen molar-refractivity contribution in [3.8, 4) is 11.6 Å². The Bertz CT molecular complexity index is 1360. The highest BCUT2D eigenvalue weighted by molar-refractivity contribution is 7.89. The van der Waals surface area contributed by atoms with Crippen LogP contribution >= 0.6 is 11.3 Å². The van der Waals surface area contributed by atoms with Gasteiger partial charge in [-0.3, -0.25) is 9.78 Å². The average Bonchev–Trinajstić information content (AvgIpc) is 3.28. The summed E-state index contributed by atoms with van der Waals surface area (Å²) >= 11 is 1.51. The third-order valence-corrected chi connectivity index (χ3v) is 6.90. The molecule has 0 aliphatic carbocycles. The summed E-state index contributed by atoms with van der Waals surface area (Å²) in [5.74, 6) is 0.572. The number of benzene rings is 1. The minimum atomic E-state index is -3.79. The smallest absolute Gasteiger partial charge is 0.270 e. The van der Waals surface area contributed by atoms with Gasteiger partial charge in [0.1, 0.15) is 16.3 Å². The van der Waals surface area contributed by atoms with Crippen molar-refractivity contribution in [2.75, 3.05) is 0 Å². The third kappa shape index (κ3) is 6.22. The summed E-state index contributed by atoms with van der Waals surface area (Å²) in [5.41, 5.74) is 0.848. The highest BCUT2D eigenvalue weighted by atomic mass is 32.2. The molecule has 3 aromatic heterocycles. The van der Waals surface area contributed by atoms with Gasteiger partial charge < -0.3 is 10.1 Å². The lowest BCUT2D eigenvalue weighted by atomic mass is 10.2. The molecule has 0 aliphatic rings. The van der Waals surface area contributed by atoms with E-state index in [1.807, 2.05) is 25.1 Å². The number of hydrogen-bond donors (Lipinski definition) is 2. The van der Waals surface area contributed by atoms with Crippen LogP contribution in [0.3, 0.4) is 0 Å². The maximum absolute atomic E-state index is 12.6. The predicted octanol–water partition coefficient (Wildman–Crippen LogP) is 3.44. The standard InChI is InChI=1S/C23H21N5O4S2/c1-16-24-13-19(33-16)14-27-23(29)21-9-7-17(11-25-21)12-28-34(30,31)20-8-10-22(26-15-20)32-18-5-3-2-4-6-18/h2-11,13,15,28H,12,14H2,1H3,(H,27,29). The molecule has 0 saturated heterocycles. The van der Waals surface area contributed by atoms with Crippen LogP contribution in [0.5, 0.6) is 11.6 Å². The summed E-state index contributed by atoms with van der Waals surface area (Å²) in [7, 11) is -3.79. The molecule has 0 bridgehead atoms. The van der Waals surface area contributed by atoms with E-state index < -0.39 is 10.0 Å². The highest BCUT2D eigenvalue weighted by Crippen LogP contribution is 2.20. The quantitative estimate of drug-likeness (QED) is 0.365. The minimum Gasteiger partial charge on any atom is -0.439 e. The SMILES string of the molecule is Cc1ncc(CNC(=O)c2ccc(CNS(=O)(=O)c3ccc(Oc4ccccc4)nc3)cn2)s1. The Morgan fingerprint density at radius 2 is 1.76 bits per heavy atom. The number of carbonyl (C=O) groups excluding carboxylic acids is 1. The molecule has 4 rings (SSSR count). The maximum atomic E-state index is 12.6. The Labute approximate surface area is 200 Å². The van der Waals surface area contributed by atoms with Gasteiger partial charge in [0.15, 0.2) is 0 Å². The van der Waals surface area contributed by atoms with Crippen molar-refractivity contribution in [3.05, 3.63) is 94.3 Å². The van der Waals surface area contributed by atoms with Crippen molar-refractivity contribution < 1.29 is 17.9 Å². The van der Waals surface area contributed by atoms with Crippen LogP contribution in [0.2, 0.25) is 0 Å². The topological polar surface area (TPSA) is 123 Å². The number of amides is 1. The monoisotopic (exact) mass is 495 g/mol. The van der Waals surface area contributed by atoms with E-state index in [0.29, 0.717) is 17.9 Å². The van der Waals surface area contributed by atoms with Gasteiger partial charge in [-0.2, -0.15) is 0 Å². The first-order valence-corrected chi connectivity index (χ1v) is 12.5. The number of nitrogens with zero attached hydrogens (tertiary/aromatic N) is 3. The van der Waals surface area contributed by atoms with Crippen LogP contribution < -0.4 is 14.8 Å². The Hall–Kier alpha value is -3.67. The molecule has 0 atom stereocenters. The van der Waals surface area contributed by atoms with Crippen LogP contribution in [0.25, 0.3) is 0 Å². The van der Waals surface area contributed by atoms with E-state index in [2.05, 4.69) is 25.0 Å². The number of rotatable bonds is 9. The number of pyridine rings is 2. The van der Waals surface area contributed by atoms with Crippen LogP contribution in [-0.4, -0.2) is 29.3 Å². The van der Waals surface area contributed by atoms with E-state index in [9.17, 15) is 13.2 Å². The molecule has 174 valence electrons. The largest absolute Gasteiger partial charge is 0.439 e. The lowest BCUT2D eigenvalue weighted by Gasteiger charge is -2.08. The number of aryl methyl sites for hydroxylation is 1. The average molecular weight is 496 g/mol. The Morgan fingerprint density at radius 1 is 0.941 bits per heavy atom. The molecule has 1 aromatic carbocycles. The van der Waals surface area contributed by atoms with Crippen molar-refractivity contribution >= 4 is 27.3 Å². The molecule has 0 radical (unpaired) electrons. The fraction of sp³-hybridized carbons (Fsp3) is 0.130. The summed E-state index contributed by atoms with van der Waals surface area (Å²) in [6.07, 6.45) is 4.42. The number of thiazole rings is 1. The minimum absolute atomic E-state index is 0.00942. The fourth-order valence-electron chi connectivity index (χ4n) is 2.87. The molecular formula is C23H21N5O4S2. The zero-order valence-corrected chi connectivity index (χ0v) is 19.8. The van der Waals surface area contributed by atoms with Gasteiger partial charge in [0.2, 0.25) is 15.9 Å². The lowest BCUT2D eigenvalue weighted by molar-refractivity contribution is 0.0946. The van der Waals surface area contributed by atoms with Gasteiger partial charge in [-0.05, 0) is 36.8 Å². The van der Waals surface area contributed by atoms with Gasteiger partial charge in [0, 0.05) is 29.9 Å². The van der Waals surface area contributed by atoms with E-state index in [1.54, 1.807) is 30.5 Å². The highest BCUT2D eigenvalue weighted by Gasteiger charge is 2.15. The van der Waals surface area contributed by atoms with Gasteiger partial charge in [-0.15, -0.1) is 11.3 Å². The van der Waals surface area contributed by atoms with Crippen molar-refractivity contribution in [1.29, 1.82) is 0 Å². The van der Waals surface area contributed by atoms with Gasteiger partial charge >= 0.3 is 0 Å². The number of sulfonamides is 1. The molecule has 0 fully saturated rings. The van der Waals surface area contributed by atoms with Gasteiger partial charge in [0.25, 0.3) is 5.91 Å². The molecule has 9 nitrogen and oxygen atoms in total. The summed E-state index contributed by atoms with van der Waals surface area (Å²) in [5, 5.41) is 3.72. The molecule has 0 unspecified atom stereocenters. The number of para-hydroxylation sites is 1. The first kappa shape index (κ1) is 23.5. The van der Waals surface area contributed by atoms with Gasteiger partial charge in [0.05, 0.1) is 17.7 Å². The van der Waals surface area contributed by atoms with Crippen molar-refractivity contribution in [2.45, 2.75) is 24.9 Å².